The minimum Gasteiger partial charge on any atom is -0.494 e. The lowest BCUT2D eigenvalue weighted by Crippen LogP contribution is -2.54. The summed E-state index contributed by atoms with van der Waals surface area (Å²) in [5.74, 6) is -7.92. The number of fused-ring (bicyclic) bond motifs is 1. The van der Waals surface area contributed by atoms with Crippen LogP contribution in [0, 0.1) is 13.8 Å². The summed E-state index contributed by atoms with van der Waals surface area (Å²) in [7, 11) is -9.26. The number of aryl methyl sites for hydroxylation is 4. The van der Waals surface area contributed by atoms with Crippen LogP contribution in [0.2, 0.25) is 0 Å². The maximum atomic E-state index is 13.5. The summed E-state index contributed by atoms with van der Waals surface area (Å²) >= 11 is 0. The van der Waals surface area contributed by atoms with E-state index in [0.717, 1.165) is 30.9 Å². The van der Waals surface area contributed by atoms with Gasteiger partial charge in [-0.1, -0.05) is 6.07 Å². The molecule has 2 aliphatic rings. The molecular formula is C49H73N11O18S2. The molecule has 4 rings (SSSR count). The van der Waals surface area contributed by atoms with Crippen molar-refractivity contribution in [1.29, 1.82) is 0 Å². The number of rotatable bonds is 31. The maximum Gasteiger partial charge on any atom is 0.323 e. The zero-order chi connectivity index (χ0) is 59.0. The van der Waals surface area contributed by atoms with Crippen LogP contribution in [0.5, 0.6) is 5.75 Å². The van der Waals surface area contributed by atoms with Crippen molar-refractivity contribution >= 4 is 73.5 Å². The molecule has 0 fully saturated rings. The topological polar surface area (TPSA) is 413 Å². The fourth-order valence-electron chi connectivity index (χ4n) is 8.61. The highest BCUT2D eigenvalue weighted by molar-refractivity contribution is 7.89. The van der Waals surface area contributed by atoms with Crippen LogP contribution in [0.25, 0.3) is 0 Å². The van der Waals surface area contributed by atoms with Crippen molar-refractivity contribution in [3.8, 4) is 5.75 Å². The molecule has 0 radical (unpaired) electrons. The van der Waals surface area contributed by atoms with Crippen LogP contribution in [-0.2, 0) is 71.3 Å². The van der Waals surface area contributed by atoms with Gasteiger partial charge in [-0.2, -0.15) is 13.1 Å². The molecular weight excluding hydrogens is 1090 g/mol. The van der Waals surface area contributed by atoms with Gasteiger partial charge < -0.3 is 61.5 Å². The smallest absolute Gasteiger partial charge is 0.323 e. The summed E-state index contributed by atoms with van der Waals surface area (Å²) in [6.07, 6.45) is 6.82. The summed E-state index contributed by atoms with van der Waals surface area (Å²) < 4.78 is 68.3. The Bertz CT molecular complexity index is 2740. The van der Waals surface area contributed by atoms with Gasteiger partial charge in [-0.15, -0.1) is 0 Å². The number of aliphatic carboxylic acids is 4. The molecule has 0 aliphatic carbocycles. The lowest BCUT2D eigenvalue weighted by atomic mass is 10.1. The van der Waals surface area contributed by atoms with Gasteiger partial charge >= 0.3 is 23.9 Å². The Morgan fingerprint density at radius 1 is 0.700 bits per heavy atom. The molecule has 444 valence electrons. The summed E-state index contributed by atoms with van der Waals surface area (Å²) in [5.41, 5.74) is 2.54. The third kappa shape index (κ3) is 24.4. The van der Waals surface area contributed by atoms with Crippen LogP contribution in [-0.4, -0.2) is 230 Å². The van der Waals surface area contributed by atoms with Gasteiger partial charge in [0.05, 0.1) is 24.6 Å². The molecule has 2 atom stereocenters. The van der Waals surface area contributed by atoms with E-state index in [0.29, 0.717) is 19.3 Å². The number of nitrogens with zero attached hydrogens (tertiary/aromatic N) is 5. The molecule has 80 heavy (non-hydrogen) atoms. The van der Waals surface area contributed by atoms with E-state index in [1.807, 2.05) is 6.07 Å². The van der Waals surface area contributed by atoms with Crippen molar-refractivity contribution in [2.24, 2.45) is 0 Å². The van der Waals surface area contributed by atoms with Gasteiger partial charge in [0.15, 0.2) is 0 Å². The SMILES string of the molecule is Cc1cc(OCCCC(=O)NCCNC(=O)[C@H](CS(=O)(=O)O)NC(=O)CN2CCN(CC(=O)O)/C=C\N(CC(=O)O)CCN(CC(=O)O)CC2)cc(C)c1S(=O)(=O)N[C@@H](CNC(=O)CCCCc1ccc2c(n1)NCCC2)C(=O)O. The third-order valence-corrected chi connectivity index (χ3v) is 15.0. The van der Waals surface area contributed by atoms with Crippen molar-refractivity contribution in [1.82, 2.24) is 50.6 Å². The van der Waals surface area contributed by atoms with Crippen LogP contribution >= 0.6 is 0 Å². The lowest BCUT2D eigenvalue weighted by molar-refractivity contribution is -0.140. The van der Waals surface area contributed by atoms with Crippen LogP contribution in [0.15, 0.2) is 41.6 Å². The first kappa shape index (κ1) is 65.3. The second kappa shape index (κ2) is 32.2. The minimum absolute atomic E-state index is 0.00129. The number of carbonyl (C=O) groups excluding carboxylic acids is 4. The number of ether oxygens (including phenoxy) is 1. The number of unbranched alkanes of at least 4 members (excludes halogenated alkanes) is 1. The lowest BCUT2D eigenvalue weighted by Gasteiger charge is -2.31. The highest BCUT2D eigenvalue weighted by Gasteiger charge is 2.30. The molecule has 29 nitrogen and oxygen atoms in total. The average molecular weight is 1170 g/mol. The van der Waals surface area contributed by atoms with Crippen molar-refractivity contribution in [2.45, 2.75) is 82.2 Å². The van der Waals surface area contributed by atoms with Crippen molar-refractivity contribution in [3.63, 3.8) is 0 Å². The number of sulfonamides is 1. The molecule has 0 unspecified atom stereocenters. The number of carboxylic acid groups (broad SMARTS) is 4. The summed E-state index contributed by atoms with van der Waals surface area (Å²) in [6.45, 7) is 1.34. The standard InChI is InChI=1S/C49H73N11O18S2/c1-33-25-37(26-34(2)46(33)80(76,77)56-38(49(71)72)27-53-41(62)9-4-3-8-36-12-11-35-7-5-13-51-47(35)54-36)78-24-6-10-40(61)50-14-15-52-48(70)39(32-79(73,74)75)55-42(63)28-57-16-18-58(29-43(64)65)20-22-60(31-45(68)69)23-21-59(19-17-57)30-44(66)67/h11-12,20,22,25-26,38-39,56H,3-10,13-19,21,23-24,27-32H2,1-2H3,(H,50,61)(H,51,54)(H,52,70)(H,53,62)(H,55,63)(H,64,65)(H,66,67)(H,68,69)(H,71,72)(H,73,74,75)/b22-20-/t38-,39-/m0/s1. The third-order valence-electron chi connectivity index (χ3n) is 12.5. The first-order chi connectivity index (χ1) is 37.8. The summed E-state index contributed by atoms with van der Waals surface area (Å²) in [6, 6.07) is 3.42. The molecule has 2 aliphatic heterocycles. The van der Waals surface area contributed by atoms with Crippen molar-refractivity contribution in [2.75, 3.05) is 109 Å². The summed E-state index contributed by atoms with van der Waals surface area (Å²) in [5, 5.41) is 51.1. The number of amides is 4. The van der Waals surface area contributed by atoms with Crippen molar-refractivity contribution in [3.05, 3.63) is 59.0 Å². The van der Waals surface area contributed by atoms with Crippen LogP contribution < -0.4 is 36.0 Å². The van der Waals surface area contributed by atoms with Gasteiger partial charge in [-0.3, -0.25) is 52.7 Å². The van der Waals surface area contributed by atoms with Gasteiger partial charge in [0.25, 0.3) is 10.1 Å². The van der Waals surface area contributed by atoms with Crippen LogP contribution in [0.4, 0.5) is 5.82 Å². The number of anilines is 1. The molecule has 0 bridgehead atoms. The maximum absolute atomic E-state index is 13.5. The highest BCUT2D eigenvalue weighted by atomic mass is 32.2. The Balaban J connectivity index is 1.21. The Morgan fingerprint density at radius 3 is 1.88 bits per heavy atom. The molecule has 2 aromatic rings. The van der Waals surface area contributed by atoms with Gasteiger partial charge in [-0.25, -0.2) is 13.4 Å². The van der Waals surface area contributed by atoms with Crippen LogP contribution in [0.1, 0.15) is 60.9 Å². The Morgan fingerprint density at radius 2 is 1.27 bits per heavy atom. The number of hydrogen-bond acceptors (Lipinski definition) is 19. The van der Waals surface area contributed by atoms with Crippen LogP contribution in [0.3, 0.4) is 0 Å². The van der Waals surface area contributed by atoms with Gasteiger partial charge in [-0.05, 0) is 87.3 Å². The van der Waals surface area contributed by atoms with E-state index in [4.69, 9.17) is 4.74 Å². The van der Waals surface area contributed by atoms with E-state index in [1.165, 1.54) is 63.5 Å². The van der Waals surface area contributed by atoms with Gasteiger partial charge in [0.1, 0.15) is 42.5 Å². The molecule has 31 heteroatoms. The molecule has 1 aromatic heterocycles. The summed E-state index contributed by atoms with van der Waals surface area (Å²) in [4.78, 5) is 109. The van der Waals surface area contributed by atoms with E-state index >= 15 is 0 Å². The fraction of sp³-hybridized carbons (Fsp3) is 0.571. The molecule has 0 spiro atoms. The molecule has 3 heterocycles. The number of carboxylic acids is 4. The van der Waals surface area contributed by atoms with Gasteiger partial charge in [0.2, 0.25) is 33.7 Å². The van der Waals surface area contributed by atoms with E-state index in [-0.39, 0.29) is 100.0 Å². The molecule has 0 saturated heterocycles. The van der Waals surface area contributed by atoms with E-state index in [9.17, 15) is 80.2 Å². The quantitative estimate of drug-likeness (QED) is 0.0288. The van der Waals surface area contributed by atoms with Crippen molar-refractivity contribution < 1.29 is 84.9 Å². The first-order valence-electron chi connectivity index (χ1n) is 25.8. The molecule has 1 aromatic carbocycles. The predicted octanol–water partition coefficient (Wildman–Crippen LogP) is -1.97. The monoisotopic (exact) mass is 1170 g/mol. The minimum atomic E-state index is -4.84. The second-order valence-corrected chi connectivity index (χ2v) is 22.3. The zero-order valence-corrected chi connectivity index (χ0v) is 46.3. The van der Waals surface area contributed by atoms with E-state index < -0.39 is 118 Å². The Labute approximate surface area is 463 Å². The number of nitrogens with one attached hydrogen (secondary N) is 6. The van der Waals surface area contributed by atoms with E-state index in [2.05, 4.69) is 42.4 Å². The fourth-order valence-corrected chi connectivity index (χ4v) is 10.9. The largest absolute Gasteiger partial charge is 0.494 e. The predicted molar refractivity (Wildman–Crippen MR) is 286 cm³/mol. The second-order valence-electron chi connectivity index (χ2n) is 19.2. The number of hydrogen-bond donors (Lipinski definition) is 11. The van der Waals surface area contributed by atoms with E-state index in [1.54, 1.807) is 0 Å². The number of aromatic nitrogens is 1. The Kier molecular flexibility index (Phi) is 26.3. The number of carbonyl (C=O) groups is 8. The molecule has 0 saturated carbocycles. The normalized spacial score (nSPS) is 15.8. The first-order valence-corrected chi connectivity index (χ1v) is 28.9. The molecule has 11 N–H and O–H groups in total. The molecule has 4 amide bonds. The Hall–Kier alpha value is -7.19. The average Bonchev–Trinajstić information content (AvgIpc) is 3.36. The zero-order valence-electron chi connectivity index (χ0n) is 44.7. The van der Waals surface area contributed by atoms with Gasteiger partial charge in [0, 0.05) is 96.4 Å². The number of pyridine rings is 1. The highest BCUT2D eigenvalue weighted by Crippen LogP contribution is 2.26. The number of benzene rings is 1.